The molecule has 0 radical (unpaired) electrons. The third-order valence-electron chi connectivity index (χ3n) is 2.31. The van der Waals surface area contributed by atoms with E-state index in [2.05, 4.69) is 0 Å². The molecule has 1 rings (SSSR count). The van der Waals surface area contributed by atoms with Crippen LogP contribution in [0.3, 0.4) is 0 Å². The number of methoxy groups -OCH3 is 1. The van der Waals surface area contributed by atoms with E-state index in [9.17, 15) is 4.79 Å². The van der Waals surface area contributed by atoms with Crippen LogP contribution in [0.25, 0.3) is 0 Å². The Balaban J connectivity index is 3.08. The molecular weight excluding hydrogens is 212 g/mol. The van der Waals surface area contributed by atoms with Gasteiger partial charge in [0.1, 0.15) is 5.75 Å². The van der Waals surface area contributed by atoms with Gasteiger partial charge in [-0.05, 0) is 37.1 Å². The van der Waals surface area contributed by atoms with Crippen LogP contribution in [0.2, 0.25) is 0 Å². The van der Waals surface area contributed by atoms with Gasteiger partial charge in [-0.2, -0.15) is 0 Å². The van der Waals surface area contributed by atoms with E-state index in [1.807, 2.05) is 19.1 Å². The maximum Gasteiger partial charge on any atom is 0.180 e. The first kappa shape index (κ1) is 12.1. The van der Waals surface area contributed by atoms with Crippen molar-refractivity contribution in [2.45, 2.75) is 25.6 Å². The van der Waals surface area contributed by atoms with Crippen molar-refractivity contribution in [3.8, 4) is 5.75 Å². The van der Waals surface area contributed by atoms with Crippen molar-refractivity contribution in [1.82, 2.24) is 0 Å². The van der Waals surface area contributed by atoms with Gasteiger partial charge < -0.3 is 4.74 Å². The maximum absolute atomic E-state index is 11.6. The summed E-state index contributed by atoms with van der Waals surface area (Å²) in [5.41, 5.74) is 1.68. The molecule has 0 aliphatic rings. The molecule has 1 unspecified atom stereocenters. The summed E-state index contributed by atoms with van der Waals surface area (Å²) in [5, 5.41) is -0.483. The SMILES string of the molecule is CCc1cc(C(=O)C(C)Cl)ccc1OC. The van der Waals surface area contributed by atoms with Gasteiger partial charge in [-0.3, -0.25) is 4.79 Å². The smallest absolute Gasteiger partial charge is 0.180 e. The van der Waals surface area contributed by atoms with Gasteiger partial charge in [0.2, 0.25) is 0 Å². The zero-order valence-electron chi connectivity index (χ0n) is 9.21. The van der Waals surface area contributed by atoms with Crippen molar-refractivity contribution in [2.75, 3.05) is 7.11 Å². The Morgan fingerprint density at radius 2 is 2.20 bits per heavy atom. The number of ketones is 1. The minimum Gasteiger partial charge on any atom is -0.496 e. The highest BCUT2D eigenvalue weighted by Crippen LogP contribution is 2.21. The zero-order chi connectivity index (χ0) is 11.4. The number of alkyl halides is 1. The summed E-state index contributed by atoms with van der Waals surface area (Å²) in [7, 11) is 1.63. The fourth-order valence-electron chi connectivity index (χ4n) is 1.44. The molecule has 2 nitrogen and oxygen atoms in total. The Kier molecular flexibility index (Phi) is 4.15. The molecule has 0 saturated carbocycles. The summed E-state index contributed by atoms with van der Waals surface area (Å²) in [4.78, 5) is 11.6. The molecule has 15 heavy (non-hydrogen) atoms. The molecule has 0 amide bonds. The molecule has 0 N–H and O–H groups in total. The van der Waals surface area contributed by atoms with Crippen LogP contribution in [0.15, 0.2) is 18.2 Å². The van der Waals surface area contributed by atoms with E-state index < -0.39 is 5.38 Å². The maximum atomic E-state index is 11.6. The molecule has 1 aromatic carbocycles. The number of rotatable bonds is 4. The summed E-state index contributed by atoms with van der Waals surface area (Å²) >= 11 is 5.75. The molecule has 0 aliphatic heterocycles. The lowest BCUT2D eigenvalue weighted by Crippen LogP contribution is -2.10. The normalized spacial score (nSPS) is 12.3. The molecule has 0 bridgehead atoms. The van der Waals surface area contributed by atoms with Crippen LogP contribution in [-0.2, 0) is 6.42 Å². The highest BCUT2D eigenvalue weighted by molar-refractivity contribution is 6.33. The van der Waals surface area contributed by atoms with E-state index in [0.29, 0.717) is 5.56 Å². The Labute approximate surface area is 95.2 Å². The van der Waals surface area contributed by atoms with E-state index in [4.69, 9.17) is 16.3 Å². The Hall–Kier alpha value is -1.02. The second-order valence-corrected chi connectivity index (χ2v) is 4.02. The summed E-state index contributed by atoms with van der Waals surface area (Å²) < 4.78 is 5.19. The van der Waals surface area contributed by atoms with Crippen LogP contribution in [-0.4, -0.2) is 18.3 Å². The highest BCUT2D eigenvalue weighted by Gasteiger charge is 2.13. The summed E-state index contributed by atoms with van der Waals surface area (Å²) in [5.74, 6) is 0.769. The number of ether oxygens (including phenoxy) is 1. The third kappa shape index (κ3) is 2.72. The summed E-state index contributed by atoms with van der Waals surface area (Å²) in [6, 6.07) is 5.41. The van der Waals surface area contributed by atoms with Crippen LogP contribution < -0.4 is 4.74 Å². The van der Waals surface area contributed by atoms with E-state index in [1.54, 1.807) is 20.1 Å². The summed E-state index contributed by atoms with van der Waals surface area (Å²) in [6.45, 7) is 3.70. The molecular formula is C12H15ClO2. The molecule has 3 heteroatoms. The topological polar surface area (TPSA) is 26.3 Å². The Bertz CT molecular complexity index is 359. The fourth-order valence-corrected chi connectivity index (χ4v) is 1.56. The molecule has 0 saturated heterocycles. The molecule has 0 fully saturated rings. The van der Waals surface area contributed by atoms with Gasteiger partial charge in [-0.25, -0.2) is 0 Å². The van der Waals surface area contributed by atoms with Crippen LogP contribution in [0.5, 0.6) is 5.75 Å². The molecule has 82 valence electrons. The number of Topliss-reactive ketones (excluding diaryl/α,β-unsaturated/α-hetero) is 1. The highest BCUT2D eigenvalue weighted by atomic mass is 35.5. The minimum atomic E-state index is -0.483. The molecule has 0 spiro atoms. The number of carbonyl (C=O) groups is 1. The Morgan fingerprint density at radius 3 is 2.67 bits per heavy atom. The number of hydrogen-bond acceptors (Lipinski definition) is 2. The lowest BCUT2D eigenvalue weighted by molar-refractivity contribution is 0.0991. The van der Waals surface area contributed by atoms with Crippen molar-refractivity contribution < 1.29 is 9.53 Å². The number of aryl methyl sites for hydroxylation is 1. The van der Waals surface area contributed by atoms with Crippen molar-refractivity contribution in [2.24, 2.45) is 0 Å². The van der Waals surface area contributed by atoms with Gasteiger partial charge in [-0.1, -0.05) is 6.92 Å². The first-order valence-corrected chi connectivity index (χ1v) is 5.39. The van der Waals surface area contributed by atoms with E-state index >= 15 is 0 Å². The van der Waals surface area contributed by atoms with Crippen molar-refractivity contribution in [1.29, 1.82) is 0 Å². The first-order valence-electron chi connectivity index (χ1n) is 4.95. The lowest BCUT2D eigenvalue weighted by atomic mass is 10.0. The quantitative estimate of drug-likeness (QED) is 0.583. The van der Waals surface area contributed by atoms with Gasteiger partial charge >= 0.3 is 0 Å². The standard InChI is InChI=1S/C12H15ClO2/c1-4-9-7-10(12(14)8(2)13)5-6-11(9)15-3/h5-8H,4H2,1-3H3. The third-order valence-corrected chi connectivity index (χ3v) is 2.51. The molecule has 0 aromatic heterocycles. The predicted molar refractivity (Wildman–Crippen MR) is 62.0 cm³/mol. The number of benzene rings is 1. The monoisotopic (exact) mass is 226 g/mol. The Morgan fingerprint density at radius 1 is 1.53 bits per heavy atom. The zero-order valence-corrected chi connectivity index (χ0v) is 9.97. The molecule has 0 heterocycles. The average molecular weight is 227 g/mol. The number of carbonyl (C=O) groups excluding carboxylic acids is 1. The van der Waals surface area contributed by atoms with Crippen molar-refractivity contribution in [3.05, 3.63) is 29.3 Å². The van der Waals surface area contributed by atoms with Gasteiger partial charge in [0, 0.05) is 5.56 Å². The van der Waals surface area contributed by atoms with E-state index in [0.717, 1.165) is 17.7 Å². The van der Waals surface area contributed by atoms with E-state index in [-0.39, 0.29) is 5.78 Å². The second kappa shape index (κ2) is 5.17. The van der Waals surface area contributed by atoms with Gasteiger partial charge in [0.25, 0.3) is 0 Å². The number of halogens is 1. The van der Waals surface area contributed by atoms with Crippen LogP contribution in [0.4, 0.5) is 0 Å². The van der Waals surface area contributed by atoms with Crippen LogP contribution >= 0.6 is 11.6 Å². The summed E-state index contributed by atoms with van der Waals surface area (Å²) in [6.07, 6.45) is 0.834. The van der Waals surface area contributed by atoms with Gasteiger partial charge in [-0.15, -0.1) is 11.6 Å². The lowest BCUT2D eigenvalue weighted by Gasteiger charge is -2.09. The fraction of sp³-hybridized carbons (Fsp3) is 0.417. The van der Waals surface area contributed by atoms with Crippen molar-refractivity contribution in [3.63, 3.8) is 0 Å². The van der Waals surface area contributed by atoms with E-state index in [1.165, 1.54) is 0 Å². The van der Waals surface area contributed by atoms with Gasteiger partial charge in [0.15, 0.2) is 5.78 Å². The average Bonchev–Trinajstić information content (AvgIpc) is 2.26. The van der Waals surface area contributed by atoms with Gasteiger partial charge in [0.05, 0.1) is 12.5 Å². The molecule has 1 atom stereocenters. The first-order chi connectivity index (χ1) is 7.10. The van der Waals surface area contributed by atoms with Crippen molar-refractivity contribution >= 4 is 17.4 Å². The predicted octanol–water partition coefficient (Wildman–Crippen LogP) is 3.07. The van der Waals surface area contributed by atoms with Crippen LogP contribution in [0, 0.1) is 0 Å². The molecule has 0 aliphatic carbocycles. The van der Waals surface area contributed by atoms with Crippen LogP contribution in [0.1, 0.15) is 29.8 Å². The largest absolute Gasteiger partial charge is 0.496 e. The molecule has 1 aromatic rings. The second-order valence-electron chi connectivity index (χ2n) is 3.36. The number of hydrogen-bond donors (Lipinski definition) is 0. The minimum absolute atomic E-state index is 0.0472.